The SMILES string of the molecule is Cc1cc(-c2ccccc2)c(-n2c(-c3[c-]oc4ccc(-c5ccccc5)cc34)nc3ccccc32)c(-c2ccccc2)c1.[2H]C([2H])([2H])c1ccc(-c2[c-]cccc2)nc1.[Ir]. The van der Waals surface area contributed by atoms with Gasteiger partial charge in [0, 0.05) is 53.4 Å². The van der Waals surface area contributed by atoms with Crippen molar-refractivity contribution in [2.24, 2.45) is 0 Å². The van der Waals surface area contributed by atoms with Gasteiger partial charge in [0.05, 0.1) is 22.5 Å². The molecule has 0 N–H and O–H groups in total. The van der Waals surface area contributed by atoms with Crippen LogP contribution < -0.4 is 0 Å². The van der Waals surface area contributed by atoms with Gasteiger partial charge in [-0.25, -0.2) is 0 Å². The number of furan rings is 1. The Hall–Kier alpha value is -6.65. The van der Waals surface area contributed by atoms with Crippen LogP contribution in [0.5, 0.6) is 0 Å². The van der Waals surface area contributed by atoms with Gasteiger partial charge in [0.2, 0.25) is 0 Å². The summed E-state index contributed by atoms with van der Waals surface area (Å²) >= 11 is 0. The van der Waals surface area contributed by atoms with Crippen molar-refractivity contribution in [1.29, 1.82) is 0 Å². The summed E-state index contributed by atoms with van der Waals surface area (Å²) < 4.78 is 30.1. The summed E-state index contributed by atoms with van der Waals surface area (Å²) in [6.45, 7) is 0.0734. The minimum atomic E-state index is -2.09. The molecule has 0 amide bonds. The molecule has 0 atom stereocenters. The van der Waals surface area contributed by atoms with E-state index in [1.807, 2.05) is 36.4 Å². The maximum Gasteiger partial charge on any atom is 0.0774 e. The first-order chi connectivity index (χ1) is 28.8. The molecule has 277 valence electrons. The van der Waals surface area contributed by atoms with Gasteiger partial charge >= 0.3 is 0 Å². The summed E-state index contributed by atoms with van der Waals surface area (Å²) in [6.07, 6.45) is 4.64. The van der Waals surface area contributed by atoms with Gasteiger partial charge in [-0.3, -0.25) is 4.98 Å². The molecule has 5 heteroatoms. The largest absolute Gasteiger partial charge is 0.557 e. The molecule has 0 fully saturated rings. The number of fused-ring (bicyclic) bond motifs is 2. The first-order valence-corrected chi connectivity index (χ1v) is 18.5. The Labute approximate surface area is 350 Å². The molecule has 10 aromatic rings. The van der Waals surface area contributed by atoms with Gasteiger partial charge in [-0.2, -0.15) is 0 Å². The number of benzene rings is 7. The van der Waals surface area contributed by atoms with Gasteiger partial charge in [0.15, 0.2) is 0 Å². The van der Waals surface area contributed by atoms with E-state index in [1.54, 1.807) is 18.2 Å². The Morgan fingerprint density at radius 1 is 0.614 bits per heavy atom. The molecule has 10 rings (SSSR count). The molecule has 0 saturated carbocycles. The quantitative estimate of drug-likeness (QED) is 0.156. The minimum absolute atomic E-state index is 0. The summed E-state index contributed by atoms with van der Waals surface area (Å²) in [5.41, 5.74) is 14.5. The molecule has 4 nitrogen and oxygen atoms in total. The monoisotopic (exact) mass is 915 g/mol. The normalized spacial score (nSPS) is 11.8. The Balaban J connectivity index is 0.000000248. The Morgan fingerprint density at radius 3 is 1.89 bits per heavy atom. The van der Waals surface area contributed by atoms with Gasteiger partial charge in [-0.05, 0) is 77.1 Å². The number of rotatable bonds is 6. The molecule has 0 spiro atoms. The number of aromatic nitrogens is 3. The third-order valence-corrected chi connectivity index (χ3v) is 9.80. The number of para-hydroxylation sites is 2. The molecule has 0 aliphatic heterocycles. The van der Waals surface area contributed by atoms with Crippen LogP contribution in [0.15, 0.2) is 193 Å². The number of imidazole rings is 1. The predicted molar refractivity (Wildman–Crippen MR) is 229 cm³/mol. The van der Waals surface area contributed by atoms with Crippen LogP contribution in [0.1, 0.15) is 15.2 Å². The Morgan fingerprint density at radius 2 is 1.26 bits per heavy atom. The van der Waals surface area contributed by atoms with E-state index in [1.165, 1.54) is 11.8 Å². The summed E-state index contributed by atoms with van der Waals surface area (Å²) in [4.78, 5) is 9.37. The molecule has 0 bridgehead atoms. The van der Waals surface area contributed by atoms with Crippen LogP contribution in [0.2, 0.25) is 0 Å². The summed E-state index contributed by atoms with van der Waals surface area (Å²) in [5, 5.41) is 0.979. The van der Waals surface area contributed by atoms with Crippen molar-refractivity contribution in [3.05, 3.63) is 212 Å². The minimum Gasteiger partial charge on any atom is -0.557 e. The van der Waals surface area contributed by atoms with Crippen LogP contribution in [0, 0.1) is 26.1 Å². The molecular weight excluding hydrogens is 875 g/mol. The number of pyridine rings is 1. The zero-order chi connectivity index (χ0) is 40.3. The topological polar surface area (TPSA) is 43.9 Å². The van der Waals surface area contributed by atoms with Gasteiger partial charge in [-0.1, -0.05) is 144 Å². The van der Waals surface area contributed by atoms with Crippen LogP contribution in [0.3, 0.4) is 0 Å². The first-order valence-electron chi connectivity index (χ1n) is 20.0. The number of nitrogens with zero attached hydrogens (tertiary/aromatic N) is 3. The standard InChI is InChI=1S/C40H27N2O.C12H10N.Ir/c1-27-23-32(29-15-7-3-8-16-29)39(33(24-27)30-17-9-4-10-18-30)42-37-20-12-11-19-36(37)41-40(42)35-26-43-38-22-21-31(25-34(35)38)28-13-5-2-6-14-28;1-10-7-8-12(13-9-10)11-5-3-2-4-6-11;/h2-25H,1H3;2-5,7-9H,1H3;/q2*-1;/i;1D3;. The van der Waals surface area contributed by atoms with Crippen molar-refractivity contribution >= 4 is 22.0 Å². The Bertz CT molecular complexity index is 2960. The van der Waals surface area contributed by atoms with Crippen LogP contribution in [-0.4, -0.2) is 14.5 Å². The van der Waals surface area contributed by atoms with Crippen molar-refractivity contribution in [3.8, 4) is 61.7 Å². The number of hydrogen-bond donors (Lipinski definition) is 0. The maximum atomic E-state index is 7.23. The Kier molecular flexibility index (Phi) is 9.81. The maximum absolute atomic E-state index is 7.23. The van der Waals surface area contributed by atoms with Crippen LogP contribution >= 0.6 is 0 Å². The fraction of sp³-hybridized carbons (Fsp3) is 0.0385. The van der Waals surface area contributed by atoms with Gasteiger partial charge in [0.1, 0.15) is 0 Å². The second-order valence-electron chi connectivity index (χ2n) is 13.6. The fourth-order valence-corrected chi connectivity index (χ4v) is 7.17. The first kappa shape index (κ1) is 33.7. The zero-order valence-electron chi connectivity index (χ0n) is 34.0. The second kappa shape index (κ2) is 16.6. The molecular formula is C52H37IrN3O-2. The van der Waals surface area contributed by atoms with Crippen molar-refractivity contribution in [2.75, 3.05) is 0 Å². The average Bonchev–Trinajstić information content (AvgIpc) is 3.88. The van der Waals surface area contributed by atoms with Crippen LogP contribution in [0.4, 0.5) is 0 Å². The van der Waals surface area contributed by atoms with E-state index < -0.39 is 6.85 Å². The summed E-state index contributed by atoms with van der Waals surface area (Å²) in [6, 6.07) is 64.6. The van der Waals surface area contributed by atoms with E-state index in [4.69, 9.17) is 13.5 Å². The molecule has 0 unspecified atom stereocenters. The zero-order valence-corrected chi connectivity index (χ0v) is 33.4. The third kappa shape index (κ3) is 7.64. The third-order valence-electron chi connectivity index (χ3n) is 9.80. The van der Waals surface area contributed by atoms with Crippen molar-refractivity contribution in [3.63, 3.8) is 0 Å². The van der Waals surface area contributed by atoms with E-state index in [-0.39, 0.29) is 25.7 Å². The molecule has 3 aromatic heterocycles. The molecule has 1 radical (unpaired) electrons. The smallest absolute Gasteiger partial charge is 0.0774 e. The van der Waals surface area contributed by atoms with Crippen molar-refractivity contribution in [1.82, 2.24) is 14.5 Å². The van der Waals surface area contributed by atoms with E-state index in [2.05, 4.69) is 156 Å². The fourth-order valence-electron chi connectivity index (χ4n) is 7.17. The second-order valence-corrected chi connectivity index (χ2v) is 13.6. The summed E-state index contributed by atoms with van der Waals surface area (Å²) in [5.74, 6) is 0.795. The molecule has 7 aromatic carbocycles. The average molecular weight is 915 g/mol. The van der Waals surface area contributed by atoms with Gasteiger partial charge in [-0.15, -0.1) is 35.9 Å². The molecule has 0 aliphatic carbocycles. The molecule has 0 saturated heterocycles. The van der Waals surface area contributed by atoms with Crippen LogP contribution in [0.25, 0.3) is 83.7 Å². The van der Waals surface area contributed by atoms with E-state index in [9.17, 15) is 0 Å². The van der Waals surface area contributed by atoms with Crippen LogP contribution in [-0.2, 0) is 20.1 Å². The van der Waals surface area contributed by atoms with E-state index in [0.717, 1.165) is 83.7 Å². The van der Waals surface area contributed by atoms with Crippen molar-refractivity contribution < 1.29 is 28.6 Å². The molecule has 3 heterocycles. The van der Waals surface area contributed by atoms with E-state index >= 15 is 0 Å². The van der Waals surface area contributed by atoms with Crippen molar-refractivity contribution in [2.45, 2.75) is 13.8 Å². The number of aryl methyl sites for hydroxylation is 2. The predicted octanol–water partition coefficient (Wildman–Crippen LogP) is 13.4. The van der Waals surface area contributed by atoms with Gasteiger partial charge in [0.25, 0.3) is 0 Å². The van der Waals surface area contributed by atoms with E-state index in [0.29, 0.717) is 0 Å². The summed E-state index contributed by atoms with van der Waals surface area (Å²) in [7, 11) is 0. The molecule has 57 heavy (non-hydrogen) atoms. The molecule has 0 aliphatic rings. The van der Waals surface area contributed by atoms with Gasteiger partial charge < -0.3 is 14.0 Å². The number of hydrogen-bond acceptors (Lipinski definition) is 3.